The number of thiazole rings is 1. The van der Waals surface area contributed by atoms with Crippen LogP contribution in [-0.2, 0) is 20.7 Å². The Morgan fingerprint density at radius 2 is 2.00 bits per heavy atom. The monoisotopic (exact) mass is 488 g/mol. The van der Waals surface area contributed by atoms with E-state index in [1.165, 1.54) is 4.90 Å². The number of nitrogens with two attached hydrogens (primary N) is 1. The lowest BCUT2D eigenvalue weighted by atomic mass is 9.85. The van der Waals surface area contributed by atoms with Gasteiger partial charge in [0.2, 0.25) is 11.8 Å². The third kappa shape index (κ3) is 5.74. The molecule has 2 heterocycles. The van der Waals surface area contributed by atoms with Gasteiger partial charge in [-0.2, -0.15) is 0 Å². The van der Waals surface area contributed by atoms with Gasteiger partial charge in [-0.25, -0.2) is 9.78 Å². The minimum Gasteiger partial charge on any atom is -0.446 e. The largest absolute Gasteiger partial charge is 0.446 e. The van der Waals surface area contributed by atoms with Crippen molar-refractivity contribution in [2.45, 2.75) is 58.8 Å². The zero-order valence-corrected chi connectivity index (χ0v) is 20.7. The molecule has 0 spiro atoms. The van der Waals surface area contributed by atoms with Crippen LogP contribution in [0.1, 0.15) is 38.4 Å². The lowest BCUT2D eigenvalue weighted by Gasteiger charge is -2.35. The molecule has 0 aliphatic carbocycles. The number of rotatable bonds is 8. The Balaban J connectivity index is 1.58. The first-order valence-electron chi connectivity index (χ1n) is 11.2. The predicted octanol–water partition coefficient (Wildman–Crippen LogP) is 2.25. The molecule has 0 saturated carbocycles. The topological polar surface area (TPSA) is 135 Å². The van der Waals surface area contributed by atoms with Crippen molar-refractivity contribution in [1.29, 1.82) is 0 Å². The van der Waals surface area contributed by atoms with Crippen molar-refractivity contribution in [3.05, 3.63) is 41.0 Å². The lowest BCUT2D eigenvalue weighted by molar-refractivity contribution is -0.150. The number of β-amino-alcohol motifs (C(OH)–C–C–N with tert-alkyl or cyclic N) is 1. The fourth-order valence-corrected chi connectivity index (χ4v) is 4.81. The van der Waals surface area contributed by atoms with Crippen LogP contribution in [0.4, 0.5) is 4.79 Å². The Morgan fingerprint density at radius 1 is 1.32 bits per heavy atom. The van der Waals surface area contributed by atoms with Gasteiger partial charge < -0.3 is 25.8 Å². The Bertz CT molecular complexity index is 1040. The molecule has 1 aromatic heterocycles. The fraction of sp³-hybridized carbons (Fsp3) is 0.500. The molecule has 34 heavy (non-hydrogen) atoms. The first kappa shape index (κ1) is 25.6. The zero-order valence-electron chi connectivity index (χ0n) is 19.9. The summed E-state index contributed by atoms with van der Waals surface area (Å²) < 4.78 is 5.00. The van der Waals surface area contributed by atoms with Crippen LogP contribution in [0.15, 0.2) is 29.8 Å². The molecule has 9 nitrogen and oxygen atoms in total. The minimum absolute atomic E-state index is 0.0437. The Labute approximate surface area is 203 Å². The van der Waals surface area contributed by atoms with E-state index in [1.54, 1.807) is 32.1 Å². The van der Waals surface area contributed by atoms with Crippen LogP contribution in [0, 0.1) is 12.3 Å². The van der Waals surface area contributed by atoms with Gasteiger partial charge in [-0.3, -0.25) is 9.59 Å². The average Bonchev–Trinajstić information content (AvgIpc) is 3.38. The molecule has 1 saturated heterocycles. The number of nitrogens with one attached hydrogen (secondary N) is 1. The van der Waals surface area contributed by atoms with E-state index in [-0.39, 0.29) is 24.8 Å². The van der Waals surface area contributed by atoms with Gasteiger partial charge in [0.15, 0.2) is 0 Å². The second-order valence-corrected chi connectivity index (χ2v) is 10.0. The number of aromatic nitrogens is 1. The summed E-state index contributed by atoms with van der Waals surface area (Å²) in [6.07, 6.45) is -1.78. The molecular formula is C24H32N4O5S. The molecule has 4 N–H and O–H groups in total. The highest BCUT2D eigenvalue weighted by Crippen LogP contribution is 2.31. The number of nitrogens with zero attached hydrogens (tertiary/aromatic N) is 2. The number of benzene rings is 1. The van der Waals surface area contributed by atoms with Crippen LogP contribution < -0.4 is 11.1 Å². The standard InChI is InChI=1S/C24H32N4O5S/c1-14-20(34-13-27-14)17-7-5-16(6-8-17)9-10-26-21(30)19-11-18(29)12-28(19)22(31)24(3,4)15(2)33-23(25)32/h5-8,13,15,18-19,29H,9-12H2,1-4H3,(H2,25,32)(H,26,30)/t15-,18+,19-/m0/s1. The third-order valence-electron chi connectivity index (χ3n) is 6.38. The molecule has 0 bridgehead atoms. The summed E-state index contributed by atoms with van der Waals surface area (Å²) in [6.45, 7) is 7.25. The molecule has 2 aromatic rings. The van der Waals surface area contributed by atoms with Crippen molar-refractivity contribution in [3.8, 4) is 10.4 Å². The van der Waals surface area contributed by atoms with Crippen molar-refractivity contribution in [2.24, 2.45) is 11.1 Å². The number of primary amides is 1. The van der Waals surface area contributed by atoms with E-state index >= 15 is 0 Å². The Kier molecular flexibility index (Phi) is 7.93. The van der Waals surface area contributed by atoms with Crippen molar-refractivity contribution >= 4 is 29.2 Å². The van der Waals surface area contributed by atoms with E-state index in [0.717, 1.165) is 21.7 Å². The van der Waals surface area contributed by atoms with Gasteiger partial charge in [0.05, 0.1) is 27.6 Å². The van der Waals surface area contributed by atoms with Crippen LogP contribution in [0.3, 0.4) is 0 Å². The van der Waals surface area contributed by atoms with Gasteiger partial charge in [-0.15, -0.1) is 11.3 Å². The summed E-state index contributed by atoms with van der Waals surface area (Å²) in [6, 6.07) is 7.35. The first-order chi connectivity index (χ1) is 16.0. The molecule has 1 fully saturated rings. The molecule has 3 atom stereocenters. The smallest absolute Gasteiger partial charge is 0.404 e. The summed E-state index contributed by atoms with van der Waals surface area (Å²) >= 11 is 1.60. The highest BCUT2D eigenvalue weighted by molar-refractivity contribution is 7.13. The van der Waals surface area contributed by atoms with Crippen LogP contribution in [0.2, 0.25) is 0 Å². The Hall–Kier alpha value is -2.98. The number of carbonyl (C=O) groups excluding carboxylic acids is 3. The molecule has 0 unspecified atom stereocenters. The maximum atomic E-state index is 13.2. The highest BCUT2D eigenvalue weighted by atomic mass is 32.1. The second-order valence-electron chi connectivity index (χ2n) is 9.17. The molecule has 1 aliphatic heterocycles. The summed E-state index contributed by atoms with van der Waals surface area (Å²) in [7, 11) is 0. The van der Waals surface area contributed by atoms with E-state index in [9.17, 15) is 19.5 Å². The quantitative estimate of drug-likeness (QED) is 0.522. The molecule has 10 heteroatoms. The van der Waals surface area contributed by atoms with Crippen molar-refractivity contribution in [2.75, 3.05) is 13.1 Å². The average molecular weight is 489 g/mol. The number of amides is 3. The zero-order chi connectivity index (χ0) is 25.0. The van der Waals surface area contributed by atoms with E-state index in [0.29, 0.717) is 13.0 Å². The van der Waals surface area contributed by atoms with E-state index < -0.39 is 29.8 Å². The summed E-state index contributed by atoms with van der Waals surface area (Å²) in [5.41, 5.74) is 8.99. The van der Waals surface area contributed by atoms with Crippen LogP contribution >= 0.6 is 11.3 Å². The van der Waals surface area contributed by atoms with Crippen molar-refractivity contribution in [3.63, 3.8) is 0 Å². The minimum atomic E-state index is -1.12. The summed E-state index contributed by atoms with van der Waals surface area (Å²) in [5.74, 6) is -0.701. The second kappa shape index (κ2) is 10.5. The normalized spacial score (nSPS) is 19.0. The van der Waals surface area contributed by atoms with Gasteiger partial charge >= 0.3 is 6.09 Å². The number of carbonyl (C=O) groups is 3. The van der Waals surface area contributed by atoms with Gasteiger partial charge in [0.1, 0.15) is 12.1 Å². The van der Waals surface area contributed by atoms with Crippen molar-refractivity contribution in [1.82, 2.24) is 15.2 Å². The molecule has 0 radical (unpaired) electrons. The highest BCUT2D eigenvalue weighted by Gasteiger charge is 2.46. The van der Waals surface area contributed by atoms with E-state index in [4.69, 9.17) is 10.5 Å². The van der Waals surface area contributed by atoms with E-state index in [2.05, 4.69) is 10.3 Å². The van der Waals surface area contributed by atoms with Gasteiger partial charge in [-0.1, -0.05) is 24.3 Å². The Morgan fingerprint density at radius 3 is 2.59 bits per heavy atom. The van der Waals surface area contributed by atoms with Gasteiger partial charge in [0.25, 0.3) is 0 Å². The van der Waals surface area contributed by atoms with Crippen LogP contribution in [0.5, 0.6) is 0 Å². The molecule has 1 aromatic carbocycles. The predicted molar refractivity (Wildman–Crippen MR) is 129 cm³/mol. The maximum Gasteiger partial charge on any atom is 0.404 e. The maximum absolute atomic E-state index is 13.2. The molecule has 1 aliphatic rings. The van der Waals surface area contributed by atoms with Gasteiger partial charge in [0, 0.05) is 19.5 Å². The lowest BCUT2D eigenvalue weighted by Crippen LogP contribution is -2.53. The molecule has 3 rings (SSSR count). The number of likely N-dealkylation sites (tertiary alicyclic amines) is 1. The number of hydrogen-bond acceptors (Lipinski definition) is 7. The number of aryl methyl sites for hydroxylation is 1. The SMILES string of the molecule is Cc1ncsc1-c1ccc(CCNC(=O)[C@@H]2C[C@@H](O)CN2C(=O)C(C)(C)[C@H](C)OC(N)=O)cc1. The van der Waals surface area contributed by atoms with Crippen LogP contribution in [-0.4, -0.2) is 64.2 Å². The fourth-order valence-electron chi connectivity index (χ4n) is 4.00. The molecular weight excluding hydrogens is 456 g/mol. The summed E-state index contributed by atoms with van der Waals surface area (Å²) in [5, 5.41) is 13.0. The van der Waals surface area contributed by atoms with Crippen LogP contribution in [0.25, 0.3) is 10.4 Å². The first-order valence-corrected chi connectivity index (χ1v) is 12.1. The number of aliphatic hydroxyl groups excluding tert-OH is 1. The number of hydrogen-bond donors (Lipinski definition) is 3. The molecule has 184 valence electrons. The van der Waals surface area contributed by atoms with Gasteiger partial charge in [-0.05, 0) is 45.2 Å². The summed E-state index contributed by atoms with van der Waals surface area (Å²) in [4.78, 5) is 44.0. The third-order valence-corrected chi connectivity index (χ3v) is 7.36. The number of aliphatic hydroxyl groups is 1. The number of ether oxygens (including phenoxy) is 1. The van der Waals surface area contributed by atoms with E-state index in [1.807, 2.05) is 36.7 Å². The van der Waals surface area contributed by atoms with Crippen molar-refractivity contribution < 1.29 is 24.2 Å². The molecule has 3 amide bonds.